The standard InChI is InChI=1S/C5H7N3O3/c1-2(5(10)11)3-4(9)7-8-6-3/h2,5,10-11H,1H3. The molecule has 11 heavy (non-hydrogen) atoms. The molecule has 0 aromatic rings. The van der Waals surface area contributed by atoms with E-state index in [0.717, 1.165) is 0 Å². The van der Waals surface area contributed by atoms with Gasteiger partial charge in [0.1, 0.15) is 5.71 Å². The average molecular weight is 157 g/mol. The van der Waals surface area contributed by atoms with Gasteiger partial charge in [0, 0.05) is 0 Å². The number of hydrogen-bond donors (Lipinski definition) is 2. The lowest BCUT2D eigenvalue weighted by atomic mass is 10.1. The minimum absolute atomic E-state index is 0.0139. The smallest absolute Gasteiger partial charge is 0.313 e. The van der Waals surface area contributed by atoms with Gasteiger partial charge in [-0.25, -0.2) is 0 Å². The van der Waals surface area contributed by atoms with Crippen LogP contribution < -0.4 is 0 Å². The van der Waals surface area contributed by atoms with E-state index in [1.54, 1.807) is 0 Å². The van der Waals surface area contributed by atoms with Gasteiger partial charge in [-0.15, -0.1) is 5.10 Å². The number of aliphatic hydroxyl groups excluding tert-OH is 1. The average Bonchev–Trinajstić information content (AvgIpc) is 2.33. The van der Waals surface area contributed by atoms with Crippen LogP contribution in [0.1, 0.15) is 6.92 Å². The van der Waals surface area contributed by atoms with Gasteiger partial charge in [0.05, 0.1) is 5.92 Å². The van der Waals surface area contributed by atoms with E-state index < -0.39 is 18.1 Å². The van der Waals surface area contributed by atoms with E-state index in [1.165, 1.54) is 6.92 Å². The minimum Gasteiger partial charge on any atom is -0.368 e. The fourth-order valence-corrected chi connectivity index (χ4v) is 0.632. The summed E-state index contributed by atoms with van der Waals surface area (Å²) < 4.78 is 0. The Labute approximate surface area is 62.3 Å². The zero-order valence-electron chi connectivity index (χ0n) is 5.80. The number of aliphatic hydroxyl groups is 2. The fraction of sp³-hybridized carbons (Fsp3) is 0.600. The van der Waals surface area contributed by atoms with Crippen LogP contribution >= 0.6 is 0 Å². The molecule has 1 atom stereocenters. The van der Waals surface area contributed by atoms with Crippen molar-refractivity contribution in [2.45, 2.75) is 13.2 Å². The highest BCUT2D eigenvalue weighted by molar-refractivity contribution is 6.40. The predicted molar refractivity (Wildman–Crippen MR) is 34.7 cm³/mol. The van der Waals surface area contributed by atoms with Crippen molar-refractivity contribution in [1.29, 1.82) is 0 Å². The molecule has 1 aliphatic rings. The highest BCUT2D eigenvalue weighted by Gasteiger charge is 2.26. The topological polar surface area (TPSA) is 94.6 Å². The molecule has 0 aromatic heterocycles. The molecule has 0 aromatic carbocycles. The third-order valence-corrected chi connectivity index (χ3v) is 1.39. The summed E-state index contributed by atoms with van der Waals surface area (Å²) in [4.78, 5) is 10.7. The molecule has 1 heterocycles. The van der Waals surface area contributed by atoms with Crippen molar-refractivity contribution in [3.63, 3.8) is 0 Å². The highest BCUT2D eigenvalue weighted by atomic mass is 16.5. The Kier molecular flexibility index (Phi) is 2.06. The molecule has 0 spiro atoms. The van der Waals surface area contributed by atoms with Gasteiger partial charge in [0.15, 0.2) is 6.29 Å². The largest absolute Gasteiger partial charge is 0.368 e. The second kappa shape index (κ2) is 2.85. The molecule has 6 heteroatoms. The molecule has 0 fully saturated rings. The zero-order valence-corrected chi connectivity index (χ0v) is 5.80. The Morgan fingerprint density at radius 2 is 2.09 bits per heavy atom. The Bertz CT molecular complexity index is 233. The van der Waals surface area contributed by atoms with Gasteiger partial charge in [-0.3, -0.25) is 4.79 Å². The first-order valence-corrected chi connectivity index (χ1v) is 3.02. The van der Waals surface area contributed by atoms with Crippen molar-refractivity contribution in [1.82, 2.24) is 0 Å². The summed E-state index contributed by atoms with van der Waals surface area (Å²) in [6.45, 7) is 1.46. The van der Waals surface area contributed by atoms with Crippen LogP contribution in [0.2, 0.25) is 0 Å². The van der Waals surface area contributed by atoms with E-state index in [2.05, 4.69) is 15.4 Å². The monoisotopic (exact) mass is 157 g/mol. The maximum absolute atomic E-state index is 10.7. The van der Waals surface area contributed by atoms with E-state index >= 15 is 0 Å². The normalized spacial score (nSPS) is 19.3. The van der Waals surface area contributed by atoms with Crippen LogP contribution in [0.4, 0.5) is 0 Å². The Morgan fingerprint density at radius 3 is 2.45 bits per heavy atom. The van der Waals surface area contributed by atoms with Gasteiger partial charge in [-0.2, -0.15) is 0 Å². The van der Waals surface area contributed by atoms with Crippen LogP contribution in [-0.4, -0.2) is 28.1 Å². The maximum Gasteiger partial charge on any atom is 0.313 e. The summed E-state index contributed by atoms with van der Waals surface area (Å²) in [7, 11) is 0. The number of nitrogens with zero attached hydrogens (tertiary/aromatic N) is 3. The fourth-order valence-electron chi connectivity index (χ4n) is 0.632. The van der Waals surface area contributed by atoms with Gasteiger partial charge in [0.2, 0.25) is 0 Å². The molecular weight excluding hydrogens is 150 g/mol. The summed E-state index contributed by atoms with van der Waals surface area (Å²) >= 11 is 0. The van der Waals surface area contributed by atoms with Crippen molar-refractivity contribution < 1.29 is 15.0 Å². The second-order valence-electron chi connectivity index (χ2n) is 2.18. The van der Waals surface area contributed by atoms with Gasteiger partial charge >= 0.3 is 5.91 Å². The van der Waals surface area contributed by atoms with Crippen LogP contribution in [0.3, 0.4) is 0 Å². The SMILES string of the molecule is CC(C1=NN=NC1=O)C(O)O. The van der Waals surface area contributed by atoms with Crippen LogP contribution in [0.25, 0.3) is 0 Å². The Hall–Kier alpha value is -1.14. The van der Waals surface area contributed by atoms with E-state index in [1.807, 2.05) is 0 Å². The molecule has 0 saturated heterocycles. The lowest BCUT2D eigenvalue weighted by Gasteiger charge is -2.09. The van der Waals surface area contributed by atoms with E-state index in [4.69, 9.17) is 10.2 Å². The van der Waals surface area contributed by atoms with E-state index in [0.29, 0.717) is 0 Å². The molecule has 1 unspecified atom stereocenters. The zero-order chi connectivity index (χ0) is 8.43. The van der Waals surface area contributed by atoms with Crippen molar-refractivity contribution in [3.05, 3.63) is 0 Å². The molecule has 6 nitrogen and oxygen atoms in total. The van der Waals surface area contributed by atoms with Crippen LogP contribution in [-0.2, 0) is 4.79 Å². The molecule has 0 bridgehead atoms. The molecule has 0 radical (unpaired) electrons. The summed E-state index contributed by atoms with van der Waals surface area (Å²) in [6, 6.07) is 0. The first-order valence-electron chi connectivity index (χ1n) is 3.02. The summed E-state index contributed by atoms with van der Waals surface area (Å²) in [5, 5.41) is 26.8. The lowest BCUT2D eigenvalue weighted by molar-refractivity contribution is -0.113. The summed E-state index contributed by atoms with van der Waals surface area (Å²) in [5.41, 5.74) is -0.0139. The van der Waals surface area contributed by atoms with Crippen molar-refractivity contribution in [3.8, 4) is 0 Å². The van der Waals surface area contributed by atoms with Crippen LogP contribution in [0.15, 0.2) is 15.4 Å². The van der Waals surface area contributed by atoms with Gasteiger partial charge in [-0.1, -0.05) is 12.0 Å². The third-order valence-electron chi connectivity index (χ3n) is 1.39. The second-order valence-corrected chi connectivity index (χ2v) is 2.18. The predicted octanol–water partition coefficient (Wildman–Crippen LogP) is -0.718. The number of hydrogen-bond acceptors (Lipinski definition) is 5. The number of carbonyl (C=O) groups is 1. The van der Waals surface area contributed by atoms with Gasteiger partial charge in [-0.05, 0) is 5.22 Å². The molecule has 1 amide bonds. The summed E-state index contributed by atoms with van der Waals surface area (Å²) in [5.74, 6) is -1.34. The molecule has 60 valence electrons. The lowest BCUT2D eigenvalue weighted by Crippen LogP contribution is -2.28. The number of amides is 1. The van der Waals surface area contributed by atoms with Gasteiger partial charge < -0.3 is 10.2 Å². The minimum atomic E-state index is -1.60. The van der Waals surface area contributed by atoms with Crippen molar-refractivity contribution >= 4 is 11.6 Å². The molecule has 2 N–H and O–H groups in total. The Balaban J connectivity index is 2.70. The first kappa shape index (κ1) is 7.96. The molecule has 0 saturated carbocycles. The highest BCUT2D eigenvalue weighted by Crippen LogP contribution is 2.09. The van der Waals surface area contributed by atoms with Crippen LogP contribution in [0.5, 0.6) is 0 Å². The van der Waals surface area contributed by atoms with Crippen molar-refractivity contribution in [2.24, 2.45) is 21.4 Å². The first-order chi connectivity index (χ1) is 5.13. The number of carbonyl (C=O) groups excluding carboxylic acids is 1. The number of rotatable bonds is 2. The Morgan fingerprint density at radius 1 is 1.45 bits per heavy atom. The summed E-state index contributed by atoms with van der Waals surface area (Å²) in [6.07, 6.45) is -1.60. The molecule has 1 aliphatic heterocycles. The molecule has 0 aliphatic carbocycles. The van der Waals surface area contributed by atoms with Crippen LogP contribution in [0, 0.1) is 5.92 Å². The van der Waals surface area contributed by atoms with Crippen molar-refractivity contribution in [2.75, 3.05) is 0 Å². The molecule has 1 rings (SSSR count). The quantitative estimate of drug-likeness (QED) is 0.518. The van der Waals surface area contributed by atoms with Gasteiger partial charge in [0.25, 0.3) is 0 Å². The van der Waals surface area contributed by atoms with E-state index in [9.17, 15) is 4.79 Å². The van der Waals surface area contributed by atoms with E-state index in [-0.39, 0.29) is 5.71 Å². The third kappa shape index (κ3) is 1.47. The molecular formula is C5H7N3O3. The maximum atomic E-state index is 10.7.